The highest BCUT2D eigenvalue weighted by Gasteiger charge is 2.42. The van der Waals surface area contributed by atoms with Crippen molar-refractivity contribution in [2.24, 2.45) is 4.99 Å². The summed E-state index contributed by atoms with van der Waals surface area (Å²) in [6, 6.07) is 3.23. The molecule has 2 rings (SSSR count). The normalized spacial score (nSPS) is 13.3. The van der Waals surface area contributed by atoms with Gasteiger partial charge in [-0.3, -0.25) is 0 Å². The lowest BCUT2D eigenvalue weighted by molar-refractivity contribution is -0.143. The Bertz CT molecular complexity index is 1010. The number of alkyl halides is 3. The minimum absolute atomic E-state index is 0.0168. The molecule has 0 spiro atoms. The summed E-state index contributed by atoms with van der Waals surface area (Å²) in [4.78, 5) is 3.35. The molecule has 0 radical (unpaired) electrons. The van der Waals surface area contributed by atoms with Crippen molar-refractivity contribution in [1.82, 2.24) is 0 Å². The van der Waals surface area contributed by atoms with Gasteiger partial charge in [-0.1, -0.05) is 47.6 Å². The summed E-state index contributed by atoms with van der Waals surface area (Å²) < 4.78 is 94.1. The molecule has 1 N–H and O–H groups in total. The molecule has 0 saturated heterocycles. The first-order valence-corrected chi connectivity index (χ1v) is 9.22. The van der Waals surface area contributed by atoms with Crippen LogP contribution < -0.4 is 0 Å². The van der Waals surface area contributed by atoms with E-state index in [1.807, 2.05) is 41.5 Å². The van der Waals surface area contributed by atoms with Gasteiger partial charge in [-0.15, -0.1) is 0 Å². The number of hydrogen-bond acceptors (Lipinski definition) is 2. The molecule has 0 fully saturated rings. The number of benzene rings is 2. The molecule has 2 nitrogen and oxygen atoms in total. The van der Waals surface area contributed by atoms with Crippen molar-refractivity contribution in [3.8, 4) is 5.75 Å². The van der Waals surface area contributed by atoms with E-state index in [4.69, 9.17) is 0 Å². The molecule has 9 heteroatoms. The Balaban J connectivity index is 2.74. The van der Waals surface area contributed by atoms with Gasteiger partial charge in [0.25, 0.3) is 0 Å². The molecule has 0 saturated carbocycles. The maximum absolute atomic E-state index is 14.1. The van der Waals surface area contributed by atoms with Crippen LogP contribution in [-0.4, -0.2) is 11.3 Å². The van der Waals surface area contributed by atoms with Crippen molar-refractivity contribution in [3.05, 3.63) is 57.7 Å². The Hall–Kier alpha value is -2.58. The van der Waals surface area contributed by atoms with Gasteiger partial charge in [-0.05, 0) is 22.5 Å². The van der Waals surface area contributed by atoms with Crippen LogP contribution in [0, 0.1) is 23.3 Å². The molecule has 0 atom stereocenters. The van der Waals surface area contributed by atoms with E-state index in [0.29, 0.717) is 5.56 Å². The van der Waals surface area contributed by atoms with Gasteiger partial charge in [0.05, 0.1) is 0 Å². The molecule has 31 heavy (non-hydrogen) atoms. The number of hydrogen-bond donors (Lipinski definition) is 1. The number of nitrogens with zero attached hydrogens (tertiary/aromatic N) is 1. The number of aromatic hydroxyl groups is 1. The molecule has 0 aliphatic carbocycles. The molecule has 170 valence electrons. The average Bonchev–Trinajstić information content (AvgIpc) is 2.58. The van der Waals surface area contributed by atoms with Crippen LogP contribution in [-0.2, 0) is 17.0 Å². The third-order valence-electron chi connectivity index (χ3n) is 4.67. The van der Waals surface area contributed by atoms with Gasteiger partial charge in [0.15, 0.2) is 23.3 Å². The highest BCUT2D eigenvalue weighted by Crippen LogP contribution is 2.40. The Kier molecular flexibility index (Phi) is 6.24. The zero-order valence-corrected chi connectivity index (χ0v) is 17.8. The Morgan fingerprint density at radius 3 is 1.65 bits per heavy atom. The predicted molar refractivity (Wildman–Crippen MR) is 104 cm³/mol. The fourth-order valence-corrected chi connectivity index (χ4v) is 2.88. The molecule has 2 aromatic rings. The smallest absolute Gasteiger partial charge is 0.422 e. The molecule has 0 heterocycles. The van der Waals surface area contributed by atoms with Gasteiger partial charge in [0.2, 0.25) is 0 Å². The lowest BCUT2D eigenvalue weighted by atomic mass is 9.79. The fraction of sp³-hybridized carbons (Fsp3) is 0.409. The van der Waals surface area contributed by atoms with Crippen LogP contribution in [0.4, 0.5) is 36.4 Å². The first kappa shape index (κ1) is 24.7. The zero-order chi connectivity index (χ0) is 24.1. The van der Waals surface area contributed by atoms with Gasteiger partial charge in [0.1, 0.15) is 17.0 Å². The topological polar surface area (TPSA) is 32.6 Å². The second-order valence-electron chi connectivity index (χ2n) is 9.20. The Morgan fingerprint density at radius 1 is 0.774 bits per heavy atom. The monoisotopic (exact) mass is 449 g/mol. The highest BCUT2D eigenvalue weighted by molar-refractivity contribution is 5.87. The van der Waals surface area contributed by atoms with E-state index in [1.54, 1.807) is 6.07 Å². The highest BCUT2D eigenvalue weighted by atomic mass is 19.4. The first-order valence-electron chi connectivity index (χ1n) is 9.22. The van der Waals surface area contributed by atoms with Crippen molar-refractivity contribution in [2.45, 2.75) is 58.5 Å². The third-order valence-corrected chi connectivity index (χ3v) is 4.67. The number of phenolic OH excluding ortho intramolecular Hbond substituents is 1. The maximum atomic E-state index is 14.1. The van der Waals surface area contributed by atoms with Crippen molar-refractivity contribution in [2.75, 3.05) is 0 Å². The predicted octanol–water partition coefficient (Wildman–Crippen LogP) is 7.31. The van der Waals surface area contributed by atoms with Gasteiger partial charge < -0.3 is 5.11 Å². The molecule has 0 aliphatic rings. The molecule has 0 amide bonds. The average molecular weight is 449 g/mol. The van der Waals surface area contributed by atoms with E-state index >= 15 is 0 Å². The fourth-order valence-electron chi connectivity index (χ4n) is 2.88. The molecule has 0 bridgehead atoms. The van der Waals surface area contributed by atoms with Gasteiger partial charge in [-0.2, -0.15) is 13.2 Å². The number of rotatable bonds is 2. The van der Waals surface area contributed by atoms with Crippen molar-refractivity contribution in [3.63, 3.8) is 0 Å². The van der Waals surface area contributed by atoms with Crippen molar-refractivity contribution >= 4 is 11.9 Å². The van der Waals surface area contributed by atoms with E-state index in [-0.39, 0.29) is 11.3 Å². The standard InChI is InChI=1S/C22H22F7NO/c1-20(2,3)11-7-10(19(31)12(8-11)21(4,5)6)9-30-18-16(25)14(23)13(22(27,28)29)15(24)17(18)26/h7-9,31H,1-6H3. The number of aliphatic imine (C=N–C) groups is 1. The Morgan fingerprint density at radius 2 is 1.26 bits per heavy atom. The van der Waals surface area contributed by atoms with Crippen LogP contribution in [0.25, 0.3) is 0 Å². The summed E-state index contributed by atoms with van der Waals surface area (Å²) in [6.45, 7) is 11.1. The second kappa shape index (κ2) is 7.84. The lowest BCUT2D eigenvalue weighted by Gasteiger charge is -2.27. The quantitative estimate of drug-likeness (QED) is 0.291. The zero-order valence-electron chi connectivity index (χ0n) is 17.8. The first-order chi connectivity index (χ1) is 13.9. The minimum atomic E-state index is -5.64. The van der Waals surface area contributed by atoms with E-state index in [2.05, 4.69) is 4.99 Å². The SMILES string of the molecule is CC(C)(C)c1cc(C=Nc2c(F)c(F)c(C(F)(F)F)c(F)c2F)c(O)c(C(C)(C)C)c1. The lowest BCUT2D eigenvalue weighted by Crippen LogP contribution is -2.17. The van der Waals surface area contributed by atoms with Gasteiger partial charge in [-0.25, -0.2) is 22.6 Å². The maximum Gasteiger partial charge on any atom is 0.422 e. The molecule has 2 aromatic carbocycles. The molecule has 0 aromatic heterocycles. The van der Waals surface area contributed by atoms with Crippen LogP contribution in [0.2, 0.25) is 0 Å². The summed E-state index contributed by atoms with van der Waals surface area (Å²) >= 11 is 0. The van der Waals surface area contributed by atoms with Crippen LogP contribution in [0.15, 0.2) is 17.1 Å². The van der Waals surface area contributed by atoms with Crippen LogP contribution in [0.3, 0.4) is 0 Å². The summed E-state index contributed by atoms with van der Waals surface area (Å²) in [5.41, 5.74) is -4.00. The van der Waals surface area contributed by atoms with E-state index < -0.39 is 51.5 Å². The summed E-state index contributed by atoms with van der Waals surface area (Å²) in [7, 11) is 0. The van der Waals surface area contributed by atoms with Gasteiger partial charge in [0, 0.05) is 17.3 Å². The minimum Gasteiger partial charge on any atom is -0.507 e. The number of phenols is 1. The van der Waals surface area contributed by atoms with E-state index in [0.717, 1.165) is 11.8 Å². The summed E-state index contributed by atoms with van der Waals surface area (Å²) in [5.74, 6) is -10.0. The Labute approximate surface area is 175 Å². The second-order valence-corrected chi connectivity index (χ2v) is 9.20. The van der Waals surface area contributed by atoms with Crippen molar-refractivity contribution in [1.29, 1.82) is 0 Å². The summed E-state index contributed by atoms with van der Waals surface area (Å²) in [6.07, 6.45) is -4.88. The largest absolute Gasteiger partial charge is 0.507 e. The van der Waals surface area contributed by atoms with Crippen LogP contribution in [0.1, 0.15) is 63.8 Å². The molecular formula is C22H22F7NO. The van der Waals surface area contributed by atoms with Crippen molar-refractivity contribution < 1.29 is 35.8 Å². The third kappa shape index (κ3) is 4.85. The molecular weight excluding hydrogens is 427 g/mol. The van der Waals surface area contributed by atoms with Crippen LogP contribution in [0.5, 0.6) is 5.75 Å². The van der Waals surface area contributed by atoms with E-state index in [1.165, 1.54) is 6.07 Å². The van der Waals surface area contributed by atoms with Gasteiger partial charge >= 0.3 is 6.18 Å². The number of halogens is 7. The van der Waals surface area contributed by atoms with Crippen LogP contribution >= 0.6 is 0 Å². The van der Waals surface area contributed by atoms with E-state index in [9.17, 15) is 35.8 Å². The summed E-state index contributed by atoms with van der Waals surface area (Å²) in [5, 5.41) is 10.6. The molecule has 0 unspecified atom stereocenters. The molecule has 0 aliphatic heterocycles.